The van der Waals surface area contributed by atoms with E-state index in [-0.39, 0.29) is 23.9 Å². The van der Waals surface area contributed by atoms with Crippen LogP contribution in [0, 0.1) is 0 Å². The monoisotopic (exact) mass is 724 g/mol. The van der Waals surface area contributed by atoms with Crippen LogP contribution in [0.3, 0.4) is 0 Å². The second-order valence-electron chi connectivity index (χ2n) is 12.6. The van der Waals surface area contributed by atoms with E-state index < -0.39 is 0 Å². The quantitative estimate of drug-likeness (QED) is 0.146. The molecule has 0 radical (unpaired) electrons. The molecule has 1 aliphatic heterocycles. The molecule has 8 nitrogen and oxygen atoms in total. The molecule has 6 aromatic rings. The molecule has 2 amide bonds. The first kappa shape index (κ1) is 33.7. The van der Waals surface area contributed by atoms with Gasteiger partial charge in [-0.2, -0.15) is 0 Å². The smallest absolute Gasteiger partial charge is 0.272 e. The van der Waals surface area contributed by atoms with Crippen molar-refractivity contribution in [3.8, 4) is 22.5 Å². The summed E-state index contributed by atoms with van der Waals surface area (Å²) in [5, 5.41) is 8.70. The number of fused-ring (bicyclic) bond motifs is 1. The summed E-state index contributed by atoms with van der Waals surface area (Å²) in [5.41, 5.74) is 6.62. The Kier molecular flexibility index (Phi) is 9.60. The zero-order valence-electron chi connectivity index (χ0n) is 27.5. The Morgan fingerprint density at radius 3 is 2.34 bits per heavy atom. The van der Waals surface area contributed by atoms with Crippen LogP contribution in [-0.4, -0.2) is 45.5 Å². The fourth-order valence-electron chi connectivity index (χ4n) is 6.88. The van der Waals surface area contributed by atoms with Crippen molar-refractivity contribution in [1.29, 1.82) is 0 Å². The zero-order chi connectivity index (χ0) is 34.9. The second-order valence-corrected chi connectivity index (χ2v) is 13.8. The molecular formula is C39H35Cl3N6O2. The number of H-pyrrole nitrogens is 1. The summed E-state index contributed by atoms with van der Waals surface area (Å²) in [6.07, 6.45) is 3.43. The number of piperidine rings is 1. The maximum Gasteiger partial charge on any atom is 0.272 e. The fourth-order valence-corrected chi connectivity index (χ4v) is 7.62. The molecule has 1 aliphatic rings. The van der Waals surface area contributed by atoms with Crippen molar-refractivity contribution in [3.05, 3.63) is 124 Å². The van der Waals surface area contributed by atoms with Crippen LogP contribution in [0.2, 0.25) is 15.1 Å². The largest absolute Gasteiger partial charge is 0.370 e. The van der Waals surface area contributed by atoms with E-state index in [1.165, 1.54) is 0 Å². The topological polar surface area (TPSA) is 95.1 Å². The number of nitrogens with zero attached hydrogens (tertiary/aromatic N) is 3. The van der Waals surface area contributed by atoms with Crippen LogP contribution in [0.5, 0.6) is 0 Å². The Labute approximate surface area is 305 Å². The summed E-state index contributed by atoms with van der Waals surface area (Å²) >= 11 is 19.5. The standard InChI is InChI=1S/C39H35Cl3N6O2/c1-23(29-14-12-26(40)20-31(29)42)48-22-43-36(25-8-4-3-5-9-25)38(48)35-30-15-13-27(41)21-33(30)45-37(35)39(50)46-32-10-6-7-11-34(32)47-18-16-28(17-19-47)44-24(2)49/h3-15,20-23,28,45H,16-19H2,1-2H3,(H,44,49)(H,46,50). The average molecular weight is 726 g/mol. The van der Waals surface area contributed by atoms with Gasteiger partial charge < -0.3 is 25.1 Å². The number of carbonyl (C=O) groups excluding carboxylic acids is 2. The van der Waals surface area contributed by atoms with Crippen molar-refractivity contribution in [3.63, 3.8) is 0 Å². The SMILES string of the molecule is CC(=O)NC1CCN(c2ccccc2NC(=O)c2[nH]c3cc(Cl)ccc3c2-c2c(-c3ccccc3)ncn2C(C)c2ccc(Cl)cc2Cl)CC1. The van der Waals surface area contributed by atoms with Gasteiger partial charge in [-0.15, -0.1) is 0 Å². The minimum Gasteiger partial charge on any atom is -0.370 e. The maximum absolute atomic E-state index is 14.6. The molecule has 3 N–H and O–H groups in total. The molecular weight excluding hydrogens is 691 g/mol. The summed E-state index contributed by atoms with van der Waals surface area (Å²) in [7, 11) is 0. The number of hydrogen-bond acceptors (Lipinski definition) is 4. The Balaban J connectivity index is 1.34. The molecule has 0 spiro atoms. The first-order valence-corrected chi connectivity index (χ1v) is 17.6. The Hall–Kier alpha value is -4.76. The Bertz CT molecular complexity index is 2200. The van der Waals surface area contributed by atoms with Gasteiger partial charge in [-0.25, -0.2) is 4.98 Å². The normalized spacial score (nSPS) is 14.1. The van der Waals surface area contributed by atoms with Crippen LogP contribution < -0.4 is 15.5 Å². The molecule has 2 aromatic heterocycles. The molecule has 3 heterocycles. The molecule has 0 bridgehead atoms. The molecule has 4 aromatic carbocycles. The van der Waals surface area contributed by atoms with Gasteiger partial charge in [0.15, 0.2) is 0 Å². The van der Waals surface area contributed by atoms with Crippen LogP contribution in [0.4, 0.5) is 11.4 Å². The van der Waals surface area contributed by atoms with Gasteiger partial charge in [0, 0.05) is 63.2 Å². The van der Waals surface area contributed by atoms with Crippen molar-refractivity contribution in [2.75, 3.05) is 23.3 Å². The van der Waals surface area contributed by atoms with Crippen LogP contribution in [0.1, 0.15) is 48.8 Å². The number of aromatic nitrogens is 3. The third kappa shape index (κ3) is 6.71. The highest BCUT2D eigenvalue weighted by Gasteiger charge is 2.29. The van der Waals surface area contributed by atoms with Gasteiger partial charge in [0.2, 0.25) is 5.91 Å². The number of amides is 2. The molecule has 1 atom stereocenters. The maximum atomic E-state index is 14.6. The molecule has 1 unspecified atom stereocenters. The van der Waals surface area contributed by atoms with Gasteiger partial charge in [-0.05, 0) is 61.7 Å². The highest BCUT2D eigenvalue weighted by Crippen LogP contribution is 2.42. The number of carbonyl (C=O) groups is 2. The van der Waals surface area contributed by atoms with Crippen molar-refractivity contribution in [1.82, 2.24) is 19.9 Å². The number of aromatic amines is 1. The van der Waals surface area contributed by atoms with E-state index >= 15 is 0 Å². The van der Waals surface area contributed by atoms with E-state index in [1.54, 1.807) is 19.3 Å². The Morgan fingerprint density at radius 1 is 0.900 bits per heavy atom. The molecule has 1 saturated heterocycles. The van der Waals surface area contributed by atoms with Crippen LogP contribution >= 0.6 is 34.8 Å². The van der Waals surface area contributed by atoms with Gasteiger partial charge in [0.05, 0.1) is 35.1 Å². The Morgan fingerprint density at radius 2 is 1.60 bits per heavy atom. The third-order valence-corrected chi connectivity index (χ3v) is 10.1. The molecule has 50 heavy (non-hydrogen) atoms. The fraction of sp³-hybridized carbons (Fsp3) is 0.205. The van der Waals surface area contributed by atoms with Crippen molar-refractivity contribution in [2.24, 2.45) is 0 Å². The number of anilines is 2. The predicted octanol–water partition coefficient (Wildman–Crippen LogP) is 9.63. The first-order chi connectivity index (χ1) is 24.2. The predicted molar refractivity (Wildman–Crippen MR) is 204 cm³/mol. The number of imidazole rings is 1. The van der Waals surface area contributed by atoms with Gasteiger partial charge in [-0.1, -0.05) is 89.4 Å². The number of halogens is 3. The lowest BCUT2D eigenvalue weighted by Gasteiger charge is -2.34. The molecule has 0 saturated carbocycles. The van der Waals surface area contributed by atoms with Gasteiger partial charge in [0.1, 0.15) is 5.69 Å². The number of benzene rings is 4. The number of nitrogens with one attached hydrogen (secondary N) is 3. The molecule has 11 heteroatoms. The summed E-state index contributed by atoms with van der Waals surface area (Å²) in [5.74, 6) is -0.328. The highest BCUT2D eigenvalue weighted by molar-refractivity contribution is 6.35. The lowest BCUT2D eigenvalue weighted by Crippen LogP contribution is -2.44. The number of hydrogen-bond donors (Lipinski definition) is 3. The summed E-state index contributed by atoms with van der Waals surface area (Å²) in [4.78, 5) is 36.8. The average Bonchev–Trinajstić information content (AvgIpc) is 3.70. The molecule has 0 aliphatic carbocycles. The number of para-hydroxylation sites is 2. The lowest BCUT2D eigenvalue weighted by atomic mass is 9.99. The second kappa shape index (κ2) is 14.2. The minimum atomic E-state index is -0.308. The number of rotatable bonds is 8. The summed E-state index contributed by atoms with van der Waals surface area (Å²) < 4.78 is 2.05. The zero-order valence-corrected chi connectivity index (χ0v) is 29.8. The van der Waals surface area contributed by atoms with Crippen LogP contribution in [-0.2, 0) is 4.79 Å². The molecule has 1 fully saturated rings. The minimum absolute atomic E-state index is 0.0195. The van der Waals surface area contributed by atoms with Crippen molar-refractivity contribution < 1.29 is 9.59 Å². The van der Waals surface area contributed by atoms with E-state index in [1.807, 2.05) is 91.9 Å². The van der Waals surface area contributed by atoms with E-state index in [0.29, 0.717) is 32.0 Å². The van der Waals surface area contributed by atoms with E-state index in [4.69, 9.17) is 39.8 Å². The van der Waals surface area contributed by atoms with Gasteiger partial charge in [0.25, 0.3) is 5.91 Å². The molecule has 254 valence electrons. The third-order valence-electron chi connectivity index (χ3n) is 9.29. The summed E-state index contributed by atoms with van der Waals surface area (Å²) in [6, 6.07) is 28.6. The van der Waals surface area contributed by atoms with E-state index in [2.05, 4.69) is 25.1 Å². The van der Waals surface area contributed by atoms with E-state index in [9.17, 15) is 9.59 Å². The van der Waals surface area contributed by atoms with Gasteiger partial charge in [-0.3, -0.25) is 9.59 Å². The summed E-state index contributed by atoms with van der Waals surface area (Å²) in [6.45, 7) is 5.09. The van der Waals surface area contributed by atoms with Crippen molar-refractivity contribution >= 4 is 68.9 Å². The first-order valence-electron chi connectivity index (χ1n) is 16.5. The van der Waals surface area contributed by atoms with Crippen LogP contribution in [0.25, 0.3) is 33.4 Å². The van der Waals surface area contributed by atoms with Gasteiger partial charge >= 0.3 is 0 Å². The van der Waals surface area contributed by atoms with Crippen molar-refractivity contribution in [2.45, 2.75) is 38.8 Å². The van der Waals surface area contributed by atoms with E-state index in [0.717, 1.165) is 65.0 Å². The highest BCUT2D eigenvalue weighted by atomic mass is 35.5. The van der Waals surface area contributed by atoms with Crippen LogP contribution in [0.15, 0.2) is 97.3 Å². The lowest BCUT2D eigenvalue weighted by molar-refractivity contribution is -0.119. The molecule has 7 rings (SSSR count).